The van der Waals surface area contributed by atoms with Crippen molar-refractivity contribution in [3.8, 4) is 12.1 Å². The summed E-state index contributed by atoms with van der Waals surface area (Å²) in [6, 6.07) is 13.6. The van der Waals surface area contributed by atoms with Crippen LogP contribution in [-0.4, -0.2) is 26.2 Å². The fraction of sp³-hybridized carbons (Fsp3) is 0.500. The van der Waals surface area contributed by atoms with Crippen molar-refractivity contribution in [2.24, 2.45) is 14.1 Å². The molecule has 4 heterocycles. The van der Waals surface area contributed by atoms with Gasteiger partial charge < -0.3 is 18.6 Å². The Bertz CT molecular complexity index is 2490. The average Bonchev–Trinajstić information content (AvgIpc) is 3.87. The van der Waals surface area contributed by atoms with Crippen LogP contribution >= 0.6 is 15.6 Å². The number of furan rings is 2. The van der Waals surface area contributed by atoms with E-state index in [1.165, 1.54) is 25.7 Å². The molecule has 414 valence electrons. The second kappa shape index (κ2) is 25.5. The van der Waals surface area contributed by atoms with Crippen LogP contribution in [0.2, 0.25) is 0 Å². The number of rotatable bonds is 26. The maximum absolute atomic E-state index is 11.2. The molecule has 74 heavy (non-hydrogen) atoms. The molecule has 1 aromatic carbocycles. The summed E-state index contributed by atoms with van der Waals surface area (Å²) in [6.07, 6.45) is 34.4. The number of nitriles is 2. The van der Waals surface area contributed by atoms with Crippen LogP contribution in [-0.2, 0) is 14.1 Å². The molecule has 22 heteroatoms. The Labute approximate surface area is 426 Å². The summed E-state index contributed by atoms with van der Waals surface area (Å²) in [4.78, 5) is 4.62. The standard InChI is InChI=1S/C52H70N6O2.2F6P/c1-7-11-15-19-31-57(32-20-16-12-8-2)51-45(39-53)47-43(25-23-41-27-35-55(5)36-28-41)50-48(44(49(47)59-51)26-24-42-29-37-56(6)38-30-42)46(40-54)52(60-50)58(33-21-17-13-9-3)34-22-18-14-10-4;2*1-7(2,3,4,5)6/h23-30,35-38H,7-22,31-34H2,1-6H3;;/q+2;2*-1. The molecule has 5 rings (SSSR count). The SMILES string of the molecule is CCCCCCN(CCCCCC)c1oc2c(/C=C/c3cc[n+](C)cc3)c3c(C#N)c(N(CCCCCC)CCCCCC)oc3c(/C=C/c3cc[n+](C)cc3)c2c1C#N.F[P-](F)(F)(F)(F)F.F[P-](F)(F)(F)(F)F. The molecule has 8 nitrogen and oxygen atoms in total. The molecule has 4 aromatic heterocycles. The van der Waals surface area contributed by atoms with Gasteiger partial charge in [-0.1, -0.05) is 117 Å². The minimum absolute atomic E-state index is 0.519. The molecule has 0 fully saturated rings. The third-order valence-electron chi connectivity index (χ3n) is 11.6. The van der Waals surface area contributed by atoms with Gasteiger partial charge >= 0.3 is 66.0 Å². The van der Waals surface area contributed by atoms with E-state index in [0.717, 1.165) is 136 Å². The van der Waals surface area contributed by atoms with Gasteiger partial charge in [-0.25, -0.2) is 9.13 Å². The Hall–Kier alpha value is -5.32. The number of hydrogen-bond donors (Lipinski definition) is 0. The average molecular weight is 1100 g/mol. The Morgan fingerprint density at radius 2 is 0.703 bits per heavy atom. The zero-order valence-corrected chi connectivity index (χ0v) is 44.8. The fourth-order valence-corrected chi connectivity index (χ4v) is 8.08. The second-order valence-electron chi connectivity index (χ2n) is 18.4. The molecule has 0 unspecified atom stereocenters. The number of aryl methyl sites for hydroxylation is 2. The van der Waals surface area contributed by atoms with E-state index in [1.807, 2.05) is 48.0 Å². The van der Waals surface area contributed by atoms with Crippen LogP contribution in [0.1, 0.15) is 164 Å². The zero-order valence-electron chi connectivity index (χ0n) is 43.0. The summed E-state index contributed by atoms with van der Waals surface area (Å²) in [7, 11) is -17.3. The van der Waals surface area contributed by atoms with E-state index >= 15 is 0 Å². The molecule has 0 aliphatic carbocycles. The van der Waals surface area contributed by atoms with Crippen molar-refractivity contribution in [1.29, 1.82) is 10.5 Å². The third-order valence-corrected chi connectivity index (χ3v) is 11.6. The summed E-state index contributed by atoms with van der Waals surface area (Å²) in [5.41, 5.74) is 5.83. The summed E-state index contributed by atoms with van der Waals surface area (Å²) >= 11 is 0. The van der Waals surface area contributed by atoms with Crippen LogP contribution in [0.25, 0.3) is 46.2 Å². The van der Waals surface area contributed by atoms with Gasteiger partial charge in [-0.3, -0.25) is 0 Å². The van der Waals surface area contributed by atoms with Gasteiger partial charge in [-0.15, -0.1) is 0 Å². The van der Waals surface area contributed by atoms with E-state index in [1.54, 1.807) is 0 Å². The predicted octanol–water partition coefficient (Wildman–Crippen LogP) is 19.6. The fourth-order valence-electron chi connectivity index (χ4n) is 8.08. The van der Waals surface area contributed by atoms with Crippen molar-refractivity contribution in [3.63, 3.8) is 0 Å². The van der Waals surface area contributed by atoms with Crippen LogP contribution in [0.5, 0.6) is 0 Å². The van der Waals surface area contributed by atoms with Gasteiger partial charge in [0.2, 0.25) is 11.8 Å². The molecular formula is C52H70F12N6O2P2. The Kier molecular flexibility index (Phi) is 21.7. The molecule has 0 aliphatic rings. The van der Waals surface area contributed by atoms with E-state index in [4.69, 9.17) is 8.83 Å². The number of nitrogens with zero attached hydrogens (tertiary/aromatic N) is 6. The van der Waals surface area contributed by atoms with Gasteiger partial charge in [0.1, 0.15) is 48.5 Å². The molecule has 0 atom stereocenters. The van der Waals surface area contributed by atoms with Gasteiger partial charge in [-0.2, -0.15) is 10.5 Å². The van der Waals surface area contributed by atoms with Crippen LogP contribution in [0.4, 0.5) is 62.1 Å². The molecule has 0 N–H and O–H groups in total. The number of unbranched alkanes of at least 4 members (excludes halogenated alkanes) is 12. The van der Waals surface area contributed by atoms with Crippen LogP contribution in [0.3, 0.4) is 0 Å². The minimum atomic E-state index is -10.7. The van der Waals surface area contributed by atoms with Crippen LogP contribution in [0, 0.1) is 22.7 Å². The van der Waals surface area contributed by atoms with Crippen molar-refractivity contribution >= 4 is 73.6 Å². The quantitative estimate of drug-likeness (QED) is 0.0237. The maximum atomic E-state index is 11.2. The van der Waals surface area contributed by atoms with Crippen molar-refractivity contribution < 1.29 is 68.3 Å². The van der Waals surface area contributed by atoms with Crippen molar-refractivity contribution in [2.45, 2.75) is 130 Å². The Balaban J connectivity index is 0.000000903. The molecule has 0 amide bonds. The third kappa shape index (κ3) is 24.4. The van der Waals surface area contributed by atoms with E-state index < -0.39 is 15.6 Å². The van der Waals surface area contributed by atoms with E-state index in [2.05, 4.69) is 98.2 Å². The summed E-state index contributed by atoms with van der Waals surface area (Å²) in [5.74, 6) is 1.23. The monoisotopic (exact) mass is 1100 g/mol. The van der Waals surface area contributed by atoms with Gasteiger partial charge in [-0.05, 0) is 49.0 Å². The van der Waals surface area contributed by atoms with E-state index in [9.17, 15) is 60.9 Å². The van der Waals surface area contributed by atoms with Crippen molar-refractivity contribution in [3.05, 3.63) is 82.4 Å². The predicted molar refractivity (Wildman–Crippen MR) is 277 cm³/mol. The molecule has 0 spiro atoms. The molecule has 0 radical (unpaired) electrons. The first-order chi connectivity index (χ1) is 34.3. The first-order valence-corrected chi connectivity index (χ1v) is 29.1. The molecule has 0 saturated heterocycles. The summed E-state index contributed by atoms with van der Waals surface area (Å²) in [5, 5.41) is 23.9. The van der Waals surface area contributed by atoms with Gasteiger partial charge in [0.15, 0.2) is 24.8 Å². The van der Waals surface area contributed by atoms with Gasteiger partial charge in [0, 0.05) is 61.6 Å². The summed E-state index contributed by atoms with van der Waals surface area (Å²) in [6.45, 7) is 12.2. The molecule has 0 aliphatic heterocycles. The Morgan fingerprint density at radius 3 is 0.932 bits per heavy atom. The van der Waals surface area contributed by atoms with E-state index in [-0.39, 0.29) is 0 Å². The van der Waals surface area contributed by atoms with Crippen molar-refractivity contribution in [1.82, 2.24) is 0 Å². The zero-order chi connectivity index (χ0) is 55.5. The van der Waals surface area contributed by atoms with Crippen LogP contribution in [0.15, 0.2) is 57.9 Å². The number of fused-ring (bicyclic) bond motifs is 2. The molecule has 5 aromatic rings. The molecule has 0 saturated carbocycles. The number of benzene rings is 1. The van der Waals surface area contributed by atoms with Gasteiger partial charge in [0.05, 0.1) is 10.8 Å². The van der Waals surface area contributed by atoms with Crippen LogP contribution < -0.4 is 18.9 Å². The number of aromatic nitrogens is 2. The number of hydrogen-bond acceptors (Lipinski definition) is 6. The van der Waals surface area contributed by atoms with E-state index in [0.29, 0.717) is 34.1 Å². The summed E-state index contributed by atoms with van der Waals surface area (Å²) < 4.78 is 137. The normalized spacial score (nSPS) is 13.8. The first-order valence-electron chi connectivity index (χ1n) is 25.1. The number of anilines is 2. The molecular weight excluding hydrogens is 1030 g/mol. The number of pyridine rings is 2. The second-order valence-corrected chi connectivity index (χ2v) is 22.3. The topological polar surface area (TPSA) is 88.1 Å². The number of halogens is 12. The van der Waals surface area contributed by atoms with Gasteiger partial charge in [0.25, 0.3) is 0 Å². The Morgan fingerprint density at radius 1 is 0.446 bits per heavy atom. The van der Waals surface area contributed by atoms with Crippen molar-refractivity contribution in [2.75, 3.05) is 36.0 Å². The molecule has 0 bridgehead atoms. The first kappa shape index (κ1) is 63.0.